The largest absolute Gasteiger partial charge is 0.480 e. The molecule has 13 heavy (non-hydrogen) atoms. The quantitative estimate of drug-likeness (QED) is 0.425. The molecular formula is C8H15NO3S. The fourth-order valence-corrected chi connectivity index (χ4v) is 1.12. The van der Waals surface area contributed by atoms with Gasteiger partial charge < -0.3 is 10.8 Å². The van der Waals surface area contributed by atoms with Gasteiger partial charge in [-0.3, -0.25) is 9.59 Å². The van der Waals surface area contributed by atoms with Crippen LogP contribution in [0.2, 0.25) is 0 Å². The van der Waals surface area contributed by atoms with Crippen molar-refractivity contribution in [1.82, 2.24) is 0 Å². The van der Waals surface area contributed by atoms with E-state index in [1.54, 1.807) is 0 Å². The lowest BCUT2D eigenvalue weighted by Gasteiger charge is -2.03. The molecule has 0 aromatic carbocycles. The fourth-order valence-electron chi connectivity index (χ4n) is 0.937. The summed E-state index contributed by atoms with van der Waals surface area (Å²) in [7, 11) is 0. The minimum Gasteiger partial charge on any atom is -0.480 e. The minimum atomic E-state index is -0.891. The lowest BCUT2D eigenvalue weighted by Crippen LogP contribution is -2.13. The van der Waals surface area contributed by atoms with E-state index in [0.717, 1.165) is 19.3 Å². The van der Waals surface area contributed by atoms with Crippen molar-refractivity contribution in [2.24, 2.45) is 5.73 Å². The van der Waals surface area contributed by atoms with E-state index in [2.05, 4.69) is 12.6 Å². The van der Waals surface area contributed by atoms with Crippen LogP contribution < -0.4 is 5.73 Å². The SMILES string of the molecule is NC(=O)CCCCCC(S)C(=O)O. The van der Waals surface area contributed by atoms with Gasteiger partial charge in [0.2, 0.25) is 5.91 Å². The van der Waals surface area contributed by atoms with Crippen LogP contribution in [0.4, 0.5) is 0 Å². The molecule has 0 heterocycles. The minimum absolute atomic E-state index is 0.305. The maximum atomic E-state index is 10.3. The highest BCUT2D eigenvalue weighted by molar-refractivity contribution is 7.81. The molecule has 0 aromatic heterocycles. The number of carbonyl (C=O) groups is 2. The Morgan fingerprint density at radius 3 is 2.38 bits per heavy atom. The summed E-state index contributed by atoms with van der Waals surface area (Å²) in [5.74, 6) is -1.20. The van der Waals surface area contributed by atoms with E-state index in [4.69, 9.17) is 10.8 Å². The van der Waals surface area contributed by atoms with Crippen molar-refractivity contribution >= 4 is 24.5 Å². The van der Waals surface area contributed by atoms with Crippen molar-refractivity contribution in [3.05, 3.63) is 0 Å². The lowest BCUT2D eigenvalue weighted by atomic mass is 10.1. The predicted octanol–water partition coefficient (Wildman–Crippen LogP) is 0.805. The molecule has 1 atom stereocenters. The third-order valence-electron chi connectivity index (χ3n) is 1.69. The Hall–Kier alpha value is -0.710. The molecule has 0 saturated carbocycles. The third kappa shape index (κ3) is 7.64. The number of aliphatic carboxylic acids is 1. The summed E-state index contributed by atoms with van der Waals surface area (Å²) in [5.41, 5.74) is 4.93. The van der Waals surface area contributed by atoms with Crippen LogP contribution in [0.5, 0.6) is 0 Å². The van der Waals surface area contributed by atoms with Crippen LogP contribution in [0.1, 0.15) is 32.1 Å². The molecule has 0 bridgehead atoms. The topological polar surface area (TPSA) is 80.4 Å². The van der Waals surface area contributed by atoms with Crippen LogP contribution >= 0.6 is 12.6 Å². The highest BCUT2D eigenvalue weighted by atomic mass is 32.1. The smallest absolute Gasteiger partial charge is 0.316 e. The number of thiol groups is 1. The molecule has 5 heteroatoms. The summed E-state index contributed by atoms with van der Waals surface area (Å²) in [6.07, 6.45) is 3.25. The zero-order valence-electron chi connectivity index (χ0n) is 7.40. The summed E-state index contributed by atoms with van der Waals surface area (Å²) in [5, 5.41) is 7.89. The van der Waals surface area contributed by atoms with Crippen LogP contribution in [0, 0.1) is 0 Å². The Balaban J connectivity index is 3.26. The van der Waals surface area contributed by atoms with Gasteiger partial charge in [-0.05, 0) is 12.8 Å². The molecule has 0 radical (unpaired) electrons. The first-order chi connectivity index (χ1) is 6.04. The Kier molecular flexibility index (Phi) is 6.40. The second kappa shape index (κ2) is 6.77. The first-order valence-corrected chi connectivity index (χ1v) is 4.75. The predicted molar refractivity (Wildman–Crippen MR) is 52.7 cm³/mol. The van der Waals surface area contributed by atoms with Gasteiger partial charge in [-0.25, -0.2) is 0 Å². The van der Waals surface area contributed by atoms with Gasteiger partial charge in [-0.1, -0.05) is 12.8 Å². The Bertz CT molecular complexity index is 184. The molecule has 0 fully saturated rings. The number of hydrogen-bond donors (Lipinski definition) is 3. The highest BCUT2D eigenvalue weighted by Crippen LogP contribution is 2.09. The number of carbonyl (C=O) groups excluding carboxylic acids is 1. The van der Waals surface area contributed by atoms with Crippen molar-refractivity contribution in [2.75, 3.05) is 0 Å². The van der Waals surface area contributed by atoms with Gasteiger partial charge in [0, 0.05) is 6.42 Å². The Morgan fingerprint density at radius 1 is 1.31 bits per heavy atom. The maximum Gasteiger partial charge on any atom is 0.316 e. The van der Waals surface area contributed by atoms with Crippen molar-refractivity contribution in [2.45, 2.75) is 37.4 Å². The summed E-state index contributed by atoms with van der Waals surface area (Å²) >= 11 is 3.88. The van der Waals surface area contributed by atoms with E-state index in [0.29, 0.717) is 12.8 Å². The van der Waals surface area contributed by atoms with E-state index in [1.807, 2.05) is 0 Å². The zero-order valence-corrected chi connectivity index (χ0v) is 8.30. The lowest BCUT2D eigenvalue weighted by molar-refractivity contribution is -0.136. The number of primary amides is 1. The normalized spacial score (nSPS) is 12.4. The van der Waals surface area contributed by atoms with Crippen molar-refractivity contribution in [3.8, 4) is 0 Å². The molecular weight excluding hydrogens is 190 g/mol. The van der Waals surface area contributed by atoms with E-state index >= 15 is 0 Å². The Labute approximate surface area is 82.9 Å². The zero-order chi connectivity index (χ0) is 10.3. The standard InChI is InChI=1S/C8H15NO3S/c9-7(10)5-3-1-2-4-6(13)8(11)12/h6,13H,1-5H2,(H2,9,10)(H,11,12). The van der Waals surface area contributed by atoms with Gasteiger partial charge in [-0.2, -0.15) is 12.6 Å². The van der Waals surface area contributed by atoms with Crippen LogP contribution in [0.15, 0.2) is 0 Å². The average molecular weight is 205 g/mol. The monoisotopic (exact) mass is 205 g/mol. The van der Waals surface area contributed by atoms with Crippen molar-refractivity contribution in [1.29, 1.82) is 0 Å². The molecule has 0 aliphatic heterocycles. The molecule has 0 aliphatic rings. The van der Waals surface area contributed by atoms with Crippen molar-refractivity contribution in [3.63, 3.8) is 0 Å². The number of rotatable bonds is 7. The average Bonchev–Trinajstić information content (AvgIpc) is 2.02. The van der Waals surface area contributed by atoms with Crippen molar-refractivity contribution < 1.29 is 14.7 Å². The Morgan fingerprint density at radius 2 is 1.92 bits per heavy atom. The molecule has 76 valence electrons. The first-order valence-electron chi connectivity index (χ1n) is 4.23. The number of carboxylic acids is 1. The molecule has 1 amide bonds. The van der Waals surface area contributed by atoms with Crippen LogP contribution in [0.3, 0.4) is 0 Å². The number of unbranched alkanes of at least 4 members (excludes halogenated alkanes) is 2. The number of hydrogen-bond acceptors (Lipinski definition) is 3. The second-order valence-corrected chi connectivity index (χ2v) is 3.54. The van der Waals surface area contributed by atoms with E-state index in [-0.39, 0.29) is 5.91 Å². The van der Waals surface area contributed by atoms with Crippen LogP contribution in [0.25, 0.3) is 0 Å². The molecule has 0 saturated heterocycles. The molecule has 0 aromatic rings. The summed E-state index contributed by atoms with van der Waals surface area (Å²) < 4.78 is 0. The molecule has 4 nitrogen and oxygen atoms in total. The first kappa shape index (κ1) is 12.3. The third-order valence-corrected chi connectivity index (χ3v) is 2.16. The number of carboxylic acid groups (broad SMARTS) is 1. The van der Waals surface area contributed by atoms with Crippen LogP contribution in [-0.4, -0.2) is 22.2 Å². The van der Waals surface area contributed by atoms with Gasteiger partial charge in [-0.15, -0.1) is 0 Å². The fraction of sp³-hybridized carbons (Fsp3) is 0.750. The maximum absolute atomic E-state index is 10.3. The van der Waals surface area contributed by atoms with E-state index in [1.165, 1.54) is 0 Å². The molecule has 0 spiro atoms. The van der Waals surface area contributed by atoms with Gasteiger partial charge in [0.05, 0.1) is 5.25 Å². The van der Waals surface area contributed by atoms with E-state index < -0.39 is 11.2 Å². The van der Waals surface area contributed by atoms with E-state index in [9.17, 15) is 9.59 Å². The second-order valence-electron chi connectivity index (χ2n) is 2.92. The molecule has 1 unspecified atom stereocenters. The molecule has 0 rings (SSSR count). The highest BCUT2D eigenvalue weighted by Gasteiger charge is 2.10. The summed E-state index contributed by atoms with van der Waals surface area (Å²) in [6.45, 7) is 0. The van der Waals surface area contributed by atoms with Gasteiger partial charge in [0.25, 0.3) is 0 Å². The number of amides is 1. The summed E-state index contributed by atoms with van der Waals surface area (Å²) in [4.78, 5) is 20.6. The molecule has 0 aliphatic carbocycles. The van der Waals surface area contributed by atoms with Gasteiger partial charge in [0.15, 0.2) is 0 Å². The van der Waals surface area contributed by atoms with Gasteiger partial charge in [0.1, 0.15) is 0 Å². The van der Waals surface area contributed by atoms with Crippen LogP contribution in [-0.2, 0) is 9.59 Å². The number of nitrogens with two attached hydrogens (primary N) is 1. The van der Waals surface area contributed by atoms with Gasteiger partial charge >= 0.3 is 5.97 Å². The molecule has 3 N–H and O–H groups in total. The summed E-state index contributed by atoms with van der Waals surface area (Å²) in [6, 6.07) is 0.